The predicted molar refractivity (Wildman–Crippen MR) is 121 cm³/mol. The van der Waals surface area contributed by atoms with E-state index < -0.39 is 0 Å². The second-order valence-electron chi connectivity index (χ2n) is 7.86. The summed E-state index contributed by atoms with van der Waals surface area (Å²) in [5.74, 6) is 3.34. The minimum atomic E-state index is 0.762. The molecule has 1 aliphatic rings. The van der Waals surface area contributed by atoms with Gasteiger partial charge in [0.25, 0.3) is 0 Å². The van der Waals surface area contributed by atoms with Gasteiger partial charge in [-0.1, -0.05) is 13.0 Å². The number of nitrogens with zero attached hydrogens (tertiary/aromatic N) is 2. The van der Waals surface area contributed by atoms with E-state index in [0.717, 1.165) is 55.9 Å². The van der Waals surface area contributed by atoms with Gasteiger partial charge in [0.1, 0.15) is 0 Å². The Labute approximate surface area is 177 Å². The molecule has 0 aliphatic carbocycles. The smallest absolute Gasteiger partial charge is 0.191 e. The van der Waals surface area contributed by atoms with E-state index in [1.807, 2.05) is 12.1 Å². The Kier molecular flexibility index (Phi) is 10.7. The summed E-state index contributed by atoms with van der Waals surface area (Å²) < 4.78 is 10.7. The Morgan fingerprint density at radius 3 is 2.55 bits per heavy atom. The Hall–Kier alpha value is -1.95. The summed E-state index contributed by atoms with van der Waals surface area (Å²) in [6.07, 6.45) is 5.97. The summed E-state index contributed by atoms with van der Waals surface area (Å²) in [5.41, 5.74) is 1.21. The number of piperidine rings is 1. The molecule has 2 rings (SSSR count). The van der Waals surface area contributed by atoms with Crippen LogP contribution in [0.5, 0.6) is 11.5 Å². The average molecular weight is 405 g/mol. The fourth-order valence-electron chi connectivity index (χ4n) is 3.63. The van der Waals surface area contributed by atoms with Crippen molar-refractivity contribution in [3.63, 3.8) is 0 Å². The van der Waals surface area contributed by atoms with Crippen molar-refractivity contribution < 1.29 is 9.47 Å². The van der Waals surface area contributed by atoms with E-state index in [-0.39, 0.29) is 0 Å². The van der Waals surface area contributed by atoms with Crippen LogP contribution in [0.25, 0.3) is 0 Å². The predicted octanol–water partition coefficient (Wildman–Crippen LogP) is 3.31. The fraction of sp³-hybridized carbons (Fsp3) is 0.696. The maximum atomic E-state index is 5.38. The van der Waals surface area contributed by atoms with Gasteiger partial charge in [-0.25, -0.2) is 0 Å². The SMILES string of the molecule is CCNC(=NCCCCN1CCC(C)CC1)NCCc1ccc(OC)c(OC)c1. The normalized spacial score (nSPS) is 15.9. The Bertz CT molecular complexity index is 613. The first-order valence-electron chi connectivity index (χ1n) is 11.1. The molecule has 0 amide bonds. The largest absolute Gasteiger partial charge is 0.493 e. The zero-order valence-electron chi connectivity index (χ0n) is 18.8. The maximum absolute atomic E-state index is 5.38. The number of unbranched alkanes of at least 4 members (excludes halogenated alkanes) is 1. The monoisotopic (exact) mass is 404 g/mol. The lowest BCUT2D eigenvalue weighted by Crippen LogP contribution is -2.38. The molecule has 0 bridgehead atoms. The van der Waals surface area contributed by atoms with Gasteiger partial charge in [0, 0.05) is 19.6 Å². The van der Waals surface area contributed by atoms with Gasteiger partial charge in [-0.05, 0) is 82.3 Å². The third-order valence-electron chi connectivity index (χ3n) is 5.53. The van der Waals surface area contributed by atoms with Crippen LogP contribution < -0.4 is 20.1 Å². The summed E-state index contributed by atoms with van der Waals surface area (Å²) >= 11 is 0. The summed E-state index contributed by atoms with van der Waals surface area (Å²) in [5, 5.41) is 6.78. The van der Waals surface area contributed by atoms with Gasteiger partial charge < -0.3 is 25.0 Å². The molecule has 29 heavy (non-hydrogen) atoms. The van der Waals surface area contributed by atoms with E-state index >= 15 is 0 Å². The quantitative estimate of drug-likeness (QED) is 0.337. The van der Waals surface area contributed by atoms with Crippen LogP contribution in [0, 0.1) is 5.92 Å². The highest BCUT2D eigenvalue weighted by Gasteiger charge is 2.14. The van der Waals surface area contributed by atoms with Crippen molar-refractivity contribution in [2.45, 2.75) is 46.0 Å². The van der Waals surface area contributed by atoms with Crippen molar-refractivity contribution in [1.29, 1.82) is 0 Å². The van der Waals surface area contributed by atoms with Gasteiger partial charge in [-0.3, -0.25) is 4.99 Å². The molecule has 6 heteroatoms. The minimum Gasteiger partial charge on any atom is -0.493 e. The van der Waals surface area contributed by atoms with Crippen molar-refractivity contribution in [1.82, 2.24) is 15.5 Å². The van der Waals surface area contributed by atoms with Crippen molar-refractivity contribution >= 4 is 5.96 Å². The van der Waals surface area contributed by atoms with Crippen LogP contribution in [0.15, 0.2) is 23.2 Å². The van der Waals surface area contributed by atoms with E-state index in [2.05, 4.69) is 35.4 Å². The molecule has 0 atom stereocenters. The third kappa shape index (κ3) is 8.52. The molecule has 1 fully saturated rings. The average Bonchev–Trinajstić information content (AvgIpc) is 2.74. The number of guanidine groups is 1. The molecule has 0 saturated carbocycles. The van der Waals surface area contributed by atoms with Crippen LogP contribution in [0.4, 0.5) is 0 Å². The summed E-state index contributed by atoms with van der Waals surface area (Å²) in [4.78, 5) is 7.34. The highest BCUT2D eigenvalue weighted by molar-refractivity contribution is 5.79. The minimum absolute atomic E-state index is 0.762. The van der Waals surface area contributed by atoms with Crippen molar-refractivity contribution in [3.8, 4) is 11.5 Å². The molecule has 0 aromatic heterocycles. The van der Waals surface area contributed by atoms with E-state index in [9.17, 15) is 0 Å². The number of hydrogen-bond acceptors (Lipinski definition) is 4. The Morgan fingerprint density at radius 2 is 1.86 bits per heavy atom. The van der Waals surface area contributed by atoms with Crippen molar-refractivity contribution in [2.24, 2.45) is 10.9 Å². The molecule has 1 aliphatic heterocycles. The second kappa shape index (κ2) is 13.3. The van der Waals surface area contributed by atoms with Crippen LogP contribution in [0.1, 0.15) is 45.1 Å². The molecule has 1 saturated heterocycles. The molecule has 1 aromatic carbocycles. The second-order valence-corrected chi connectivity index (χ2v) is 7.86. The molecule has 0 unspecified atom stereocenters. The van der Waals surface area contributed by atoms with Gasteiger partial charge in [0.15, 0.2) is 17.5 Å². The topological polar surface area (TPSA) is 58.1 Å². The summed E-state index contributed by atoms with van der Waals surface area (Å²) in [6, 6.07) is 6.07. The summed E-state index contributed by atoms with van der Waals surface area (Å²) in [7, 11) is 3.33. The van der Waals surface area contributed by atoms with Crippen molar-refractivity contribution in [2.75, 3.05) is 53.5 Å². The fourth-order valence-corrected chi connectivity index (χ4v) is 3.63. The first kappa shape index (κ1) is 23.3. The van der Waals surface area contributed by atoms with Crippen LogP contribution in [0.2, 0.25) is 0 Å². The van der Waals surface area contributed by atoms with Gasteiger partial charge in [-0.15, -0.1) is 0 Å². The van der Waals surface area contributed by atoms with Gasteiger partial charge in [0.05, 0.1) is 14.2 Å². The number of nitrogens with one attached hydrogen (secondary N) is 2. The highest BCUT2D eigenvalue weighted by atomic mass is 16.5. The van der Waals surface area contributed by atoms with E-state index in [1.54, 1.807) is 14.2 Å². The van der Waals surface area contributed by atoms with Crippen LogP contribution >= 0.6 is 0 Å². The van der Waals surface area contributed by atoms with Gasteiger partial charge >= 0.3 is 0 Å². The molecular formula is C23H40N4O2. The number of rotatable bonds is 11. The molecule has 0 spiro atoms. The number of likely N-dealkylation sites (tertiary alicyclic amines) is 1. The standard InChI is InChI=1S/C23H40N4O2/c1-5-24-23(25-13-6-7-15-27-16-11-19(2)12-17-27)26-14-10-20-8-9-21(28-3)22(18-20)29-4/h8-9,18-19H,5-7,10-17H2,1-4H3,(H2,24,25,26). The van der Waals surface area contributed by atoms with E-state index in [0.29, 0.717) is 0 Å². The van der Waals surface area contributed by atoms with E-state index in [4.69, 9.17) is 14.5 Å². The zero-order valence-corrected chi connectivity index (χ0v) is 18.8. The molecule has 0 radical (unpaired) electrons. The molecule has 2 N–H and O–H groups in total. The van der Waals surface area contributed by atoms with Gasteiger partial charge in [-0.2, -0.15) is 0 Å². The third-order valence-corrected chi connectivity index (χ3v) is 5.53. The molecule has 6 nitrogen and oxygen atoms in total. The molecule has 1 heterocycles. The number of aliphatic imine (C=N–C) groups is 1. The molecule has 1 aromatic rings. The first-order valence-corrected chi connectivity index (χ1v) is 11.1. The number of hydrogen-bond donors (Lipinski definition) is 2. The zero-order chi connectivity index (χ0) is 20.9. The number of benzene rings is 1. The van der Waals surface area contributed by atoms with Crippen LogP contribution in [0.3, 0.4) is 0 Å². The summed E-state index contributed by atoms with van der Waals surface area (Å²) in [6.45, 7) is 10.8. The highest BCUT2D eigenvalue weighted by Crippen LogP contribution is 2.27. The van der Waals surface area contributed by atoms with Gasteiger partial charge in [0.2, 0.25) is 0 Å². The Morgan fingerprint density at radius 1 is 1.10 bits per heavy atom. The number of methoxy groups -OCH3 is 2. The molecular weight excluding hydrogens is 364 g/mol. The maximum Gasteiger partial charge on any atom is 0.191 e. The van der Waals surface area contributed by atoms with Crippen LogP contribution in [-0.4, -0.2) is 64.3 Å². The van der Waals surface area contributed by atoms with E-state index in [1.165, 1.54) is 44.5 Å². The van der Waals surface area contributed by atoms with Crippen molar-refractivity contribution in [3.05, 3.63) is 23.8 Å². The first-order chi connectivity index (χ1) is 14.2. The lowest BCUT2D eigenvalue weighted by Gasteiger charge is -2.30. The lowest BCUT2D eigenvalue weighted by atomic mass is 9.99. The lowest BCUT2D eigenvalue weighted by molar-refractivity contribution is 0.190. The molecule has 164 valence electrons. The van der Waals surface area contributed by atoms with Crippen LogP contribution in [-0.2, 0) is 6.42 Å². The Balaban J connectivity index is 1.69. The number of ether oxygens (including phenoxy) is 2.